The highest BCUT2D eigenvalue weighted by atomic mass is 31.2. The Kier molecular flexibility index (Phi) is 18.3. The summed E-state index contributed by atoms with van der Waals surface area (Å²) in [6.07, 6.45) is 1.94. The molecule has 0 spiro atoms. The summed E-state index contributed by atoms with van der Waals surface area (Å²) in [5.41, 5.74) is 7.88. The molecule has 0 bridgehead atoms. The molecule has 0 aromatic heterocycles. The van der Waals surface area contributed by atoms with Crippen LogP contribution in [0.5, 0.6) is 0 Å². The van der Waals surface area contributed by atoms with E-state index in [-0.39, 0.29) is 37.9 Å². The van der Waals surface area contributed by atoms with Crippen LogP contribution in [0.2, 0.25) is 0 Å². The minimum atomic E-state index is -4.77. The van der Waals surface area contributed by atoms with Gasteiger partial charge >= 0.3 is 19.5 Å². The molecule has 2 aliphatic heterocycles. The summed E-state index contributed by atoms with van der Waals surface area (Å²) in [6, 6.07) is 16.9. The van der Waals surface area contributed by atoms with Crippen molar-refractivity contribution in [1.82, 2.24) is 10.6 Å². The molecule has 0 radical (unpaired) electrons. The number of hydrogen-bond donors (Lipinski definition) is 3. The van der Waals surface area contributed by atoms with Gasteiger partial charge in [0, 0.05) is 24.5 Å². The molecule has 0 saturated heterocycles. The highest BCUT2D eigenvalue weighted by Gasteiger charge is 2.45. The van der Waals surface area contributed by atoms with Gasteiger partial charge < -0.3 is 30.6 Å². The van der Waals surface area contributed by atoms with Gasteiger partial charge in [0.05, 0.1) is 35.3 Å². The van der Waals surface area contributed by atoms with Gasteiger partial charge in [0.1, 0.15) is 12.1 Å². The molecule has 0 unspecified atom stereocenters. The van der Waals surface area contributed by atoms with Gasteiger partial charge in [0.15, 0.2) is 0 Å². The smallest absolute Gasteiger partial charge is 0.407 e. The zero-order chi connectivity index (χ0) is 51.7. The van der Waals surface area contributed by atoms with E-state index in [0.717, 1.165) is 16.7 Å². The normalized spacial score (nSPS) is 17.0. The molecular formula is C52H67N4O13P. The van der Waals surface area contributed by atoms with Gasteiger partial charge in [-0.25, -0.2) is 0 Å². The van der Waals surface area contributed by atoms with E-state index in [0.29, 0.717) is 29.2 Å². The van der Waals surface area contributed by atoms with Gasteiger partial charge in [-0.15, -0.1) is 0 Å². The number of nitrogens with zero attached hydrogens (tertiary/aromatic N) is 1. The highest BCUT2D eigenvalue weighted by molar-refractivity contribution is 7.72. The number of hydrogen-bond acceptors (Lipinski definition) is 13. The van der Waals surface area contributed by atoms with E-state index >= 15 is 0 Å². The first-order valence-corrected chi connectivity index (χ1v) is 24.9. The summed E-state index contributed by atoms with van der Waals surface area (Å²) in [5, 5.41) is 5.91. The average Bonchev–Trinajstić information content (AvgIpc) is 3.64. The summed E-state index contributed by atoms with van der Waals surface area (Å²) in [6.45, 7) is 15.8. The second-order valence-electron chi connectivity index (χ2n) is 20.1. The second-order valence-corrected chi connectivity index (χ2v) is 22.0. The van der Waals surface area contributed by atoms with Crippen molar-refractivity contribution in [2.75, 3.05) is 18.5 Å². The maximum absolute atomic E-state index is 14.5. The fraction of sp³-hybridized carbons (Fsp3) is 0.481. The first-order valence-electron chi connectivity index (χ1n) is 23.4. The van der Waals surface area contributed by atoms with Crippen molar-refractivity contribution in [2.24, 2.45) is 16.6 Å². The van der Waals surface area contributed by atoms with Gasteiger partial charge in [0.25, 0.3) is 5.52 Å². The highest BCUT2D eigenvalue weighted by Crippen LogP contribution is 2.51. The monoisotopic (exact) mass is 986 g/mol. The van der Waals surface area contributed by atoms with Crippen LogP contribution < -0.4 is 21.3 Å². The molecule has 4 amide bonds. The van der Waals surface area contributed by atoms with Crippen molar-refractivity contribution in [3.05, 3.63) is 106 Å². The molecule has 2 heterocycles. The minimum Gasteiger partial charge on any atom is -0.438 e. The lowest BCUT2D eigenvalue weighted by atomic mass is 9.98. The largest absolute Gasteiger partial charge is 0.438 e. The number of nitrogens with one attached hydrogen (secondary N) is 2. The number of carbonyl (C=O) groups excluding carboxylic acids is 7. The zero-order valence-corrected chi connectivity index (χ0v) is 42.6. The van der Waals surface area contributed by atoms with Crippen LogP contribution in [0.4, 0.5) is 5.69 Å². The number of carbonyl (C=O) groups is 7. The lowest BCUT2D eigenvalue weighted by Crippen LogP contribution is -2.56. The predicted octanol–water partition coefficient (Wildman–Crippen LogP) is 7.42. The molecule has 378 valence electrons. The topological polar surface area (TPSA) is 236 Å². The standard InChI is InChI=1S/C52H67N4O13P/c1-31(2)35-16-14-34(15-17-35)28-65-33(4)40(24-25-43(53)57)55-46(59)42-27-39-13-11-12-37-22-23-41(47(60)56(42)45(37)39)54-44(58)26-32(3)36-18-20-38(21-19-36)48(61)70(64,68-29-66-49(62)51(5,6)7)69-30-67-50(63)52(8,9)10/h11-21,26,31,33,40-42H,22-25,27-30H2,1-10H3,(H2,53,57)(H,54,58)(H,55,59)/b32-26+/t33-,40+,41+,42+/m1/s1. The third kappa shape index (κ3) is 14.3. The average molecular weight is 987 g/mol. The Hall–Kier alpha value is -6.00. The van der Waals surface area contributed by atoms with Crippen molar-refractivity contribution in [2.45, 2.75) is 138 Å². The number of nitrogens with two attached hydrogens (primary N) is 1. The van der Waals surface area contributed by atoms with Crippen molar-refractivity contribution in [3.63, 3.8) is 0 Å². The maximum Gasteiger partial charge on any atom is 0.407 e. The number of benzene rings is 3. The molecule has 70 heavy (non-hydrogen) atoms. The Morgan fingerprint density at radius 1 is 0.829 bits per heavy atom. The maximum atomic E-state index is 14.5. The fourth-order valence-corrected chi connectivity index (χ4v) is 8.89. The molecule has 3 aromatic rings. The first kappa shape index (κ1) is 54.9. The molecule has 0 saturated carbocycles. The molecule has 0 fully saturated rings. The Labute approximate surface area is 410 Å². The SMILES string of the molecule is C/C(=C\C(=O)N[C@H]1CCc2cccc3c2N(C1=O)[C@H](C(=O)N[C@@H](CCC(N)=O)[C@@H](C)OCc1ccc(C(C)C)cc1)C3)c1ccc(C(=O)P(=O)(OCOC(=O)C(C)(C)C)OCOC(=O)C(C)(C)C)cc1. The Bertz CT molecular complexity index is 2470. The number of primary amides is 1. The number of para-hydroxylation sites is 1. The predicted molar refractivity (Wildman–Crippen MR) is 262 cm³/mol. The van der Waals surface area contributed by atoms with Crippen molar-refractivity contribution in [3.8, 4) is 0 Å². The van der Waals surface area contributed by atoms with Crippen LogP contribution in [0.25, 0.3) is 5.57 Å². The number of amides is 4. The number of esters is 2. The summed E-state index contributed by atoms with van der Waals surface area (Å²) in [4.78, 5) is 94.1. The molecule has 3 aromatic carbocycles. The van der Waals surface area contributed by atoms with Crippen LogP contribution in [0.3, 0.4) is 0 Å². The van der Waals surface area contributed by atoms with E-state index < -0.39 is 97.3 Å². The van der Waals surface area contributed by atoms with Crippen LogP contribution in [-0.4, -0.2) is 78.9 Å². The van der Waals surface area contributed by atoms with E-state index in [1.807, 2.05) is 37.3 Å². The van der Waals surface area contributed by atoms with E-state index in [4.69, 9.17) is 29.0 Å². The summed E-state index contributed by atoms with van der Waals surface area (Å²) < 4.78 is 40.7. The quantitative estimate of drug-likeness (QED) is 0.0408. The molecule has 5 rings (SSSR count). The fourth-order valence-electron chi connectivity index (χ4n) is 7.73. The van der Waals surface area contributed by atoms with Gasteiger partial charge in [-0.2, -0.15) is 0 Å². The lowest BCUT2D eigenvalue weighted by Gasteiger charge is -2.31. The van der Waals surface area contributed by atoms with Crippen LogP contribution >= 0.6 is 7.60 Å². The lowest BCUT2D eigenvalue weighted by molar-refractivity contribution is -0.162. The second kappa shape index (κ2) is 23.3. The van der Waals surface area contributed by atoms with Crippen LogP contribution in [0.15, 0.2) is 72.8 Å². The number of aryl methyl sites for hydroxylation is 1. The first-order chi connectivity index (χ1) is 32.8. The van der Waals surface area contributed by atoms with Crippen molar-refractivity contribution in [1.29, 1.82) is 0 Å². The molecule has 4 N–H and O–H groups in total. The molecule has 17 nitrogen and oxygen atoms in total. The summed E-state index contributed by atoms with van der Waals surface area (Å²) >= 11 is 0. The Morgan fingerprint density at radius 2 is 1.40 bits per heavy atom. The number of ether oxygens (including phenoxy) is 3. The zero-order valence-electron chi connectivity index (χ0n) is 41.8. The third-order valence-electron chi connectivity index (χ3n) is 12.0. The summed E-state index contributed by atoms with van der Waals surface area (Å²) in [7, 11) is -4.77. The van der Waals surface area contributed by atoms with E-state index in [2.05, 4.69) is 36.6 Å². The van der Waals surface area contributed by atoms with Crippen molar-refractivity contribution < 1.29 is 61.4 Å². The third-order valence-corrected chi connectivity index (χ3v) is 13.7. The minimum absolute atomic E-state index is 0.00451. The van der Waals surface area contributed by atoms with Gasteiger partial charge in [-0.3, -0.25) is 52.1 Å². The Morgan fingerprint density at radius 3 is 1.96 bits per heavy atom. The molecule has 0 aliphatic carbocycles. The molecule has 2 aliphatic rings. The summed E-state index contributed by atoms with van der Waals surface area (Å²) in [5.74, 6) is -3.00. The van der Waals surface area contributed by atoms with E-state index in [1.165, 1.54) is 40.8 Å². The van der Waals surface area contributed by atoms with Gasteiger partial charge in [-0.05, 0) is 114 Å². The van der Waals surface area contributed by atoms with E-state index in [9.17, 15) is 38.1 Å². The molecule has 4 atom stereocenters. The van der Waals surface area contributed by atoms with Gasteiger partial charge in [-0.1, -0.05) is 80.6 Å². The van der Waals surface area contributed by atoms with Crippen molar-refractivity contribution >= 4 is 59.9 Å². The van der Waals surface area contributed by atoms with Gasteiger partial charge in [0.2, 0.25) is 37.2 Å². The van der Waals surface area contributed by atoms with Crippen LogP contribution in [0.1, 0.15) is 133 Å². The van der Waals surface area contributed by atoms with E-state index in [1.54, 1.807) is 48.5 Å². The van der Waals surface area contributed by atoms with Crippen LogP contribution in [0, 0.1) is 10.8 Å². The Balaban J connectivity index is 1.28. The number of anilines is 1. The number of rotatable bonds is 21. The van der Waals surface area contributed by atoms with Crippen LogP contribution in [-0.2, 0) is 76.0 Å². The molecular weight excluding hydrogens is 920 g/mol. The molecule has 18 heteroatoms. The number of allylic oxidation sites excluding steroid dienone is 1.